The van der Waals surface area contributed by atoms with Crippen LogP contribution in [-0.2, 0) is 22.7 Å². The number of urea groups is 1. The molecule has 2 heterocycles. The predicted octanol–water partition coefficient (Wildman–Crippen LogP) is 4.39. The molecule has 1 saturated heterocycles. The molecule has 9 heteroatoms. The van der Waals surface area contributed by atoms with E-state index >= 15 is 0 Å². The first-order valence-corrected chi connectivity index (χ1v) is 10.3. The van der Waals surface area contributed by atoms with E-state index in [2.05, 4.69) is 10.1 Å². The van der Waals surface area contributed by atoms with E-state index in [0.717, 1.165) is 10.5 Å². The van der Waals surface area contributed by atoms with Gasteiger partial charge in [-0.2, -0.15) is 0 Å². The zero-order chi connectivity index (χ0) is 23.4. The van der Waals surface area contributed by atoms with Crippen LogP contribution < -0.4 is 10.1 Å². The fraction of sp³-hybridized carbons (Fsp3) is 0.125. The Kier molecular flexibility index (Phi) is 6.46. The Morgan fingerprint density at radius 1 is 1.09 bits per heavy atom. The second-order valence-electron chi connectivity index (χ2n) is 7.05. The number of furan rings is 1. The second-order valence-corrected chi connectivity index (χ2v) is 7.46. The zero-order valence-corrected chi connectivity index (χ0v) is 18.3. The number of para-hydroxylation sites is 1. The van der Waals surface area contributed by atoms with Crippen LogP contribution in [0.15, 0.2) is 70.8 Å². The standard InChI is InChI=1S/C24H19ClN2O6/c1-31-23(29)21-11-10-17(33-21)13-27-22(28)19(26-24(27)30)12-15-6-3-5-9-20(15)32-14-16-7-2-4-8-18(16)25/h2-12H,13-14H2,1H3,(H,26,30)/b19-12-. The van der Waals surface area contributed by atoms with Crippen molar-refractivity contribution in [3.63, 3.8) is 0 Å². The Morgan fingerprint density at radius 2 is 1.85 bits per heavy atom. The quantitative estimate of drug-likeness (QED) is 0.315. The van der Waals surface area contributed by atoms with Gasteiger partial charge in [0.05, 0.1) is 13.7 Å². The first kappa shape index (κ1) is 22.2. The Bertz CT molecular complexity index is 1250. The summed E-state index contributed by atoms with van der Waals surface area (Å²) in [6.45, 7) is 0.108. The molecule has 1 fully saturated rings. The molecule has 3 aromatic rings. The van der Waals surface area contributed by atoms with Gasteiger partial charge in [-0.3, -0.25) is 9.69 Å². The number of imide groups is 1. The summed E-state index contributed by atoms with van der Waals surface area (Å²) in [6, 6.07) is 16.8. The van der Waals surface area contributed by atoms with Crippen molar-refractivity contribution in [1.82, 2.24) is 10.2 Å². The van der Waals surface area contributed by atoms with Gasteiger partial charge in [-0.15, -0.1) is 0 Å². The highest BCUT2D eigenvalue weighted by atomic mass is 35.5. The molecule has 1 aromatic heterocycles. The van der Waals surface area contributed by atoms with Crippen molar-refractivity contribution in [3.05, 3.63) is 94.0 Å². The number of nitrogens with zero attached hydrogens (tertiary/aromatic N) is 1. The Hall–Kier alpha value is -4.04. The van der Waals surface area contributed by atoms with Crippen molar-refractivity contribution >= 4 is 35.6 Å². The van der Waals surface area contributed by atoms with Crippen LogP contribution in [0.2, 0.25) is 5.02 Å². The maximum atomic E-state index is 12.8. The summed E-state index contributed by atoms with van der Waals surface area (Å²) in [6.07, 6.45) is 1.55. The van der Waals surface area contributed by atoms with Gasteiger partial charge in [0.1, 0.15) is 23.8 Å². The van der Waals surface area contributed by atoms with Gasteiger partial charge in [-0.25, -0.2) is 9.59 Å². The van der Waals surface area contributed by atoms with Gasteiger partial charge in [-0.1, -0.05) is 48.0 Å². The Balaban J connectivity index is 1.50. The fourth-order valence-corrected chi connectivity index (χ4v) is 3.39. The molecule has 0 radical (unpaired) electrons. The summed E-state index contributed by atoms with van der Waals surface area (Å²) in [4.78, 5) is 37.8. The molecule has 8 nitrogen and oxygen atoms in total. The Morgan fingerprint density at radius 3 is 2.64 bits per heavy atom. The maximum Gasteiger partial charge on any atom is 0.373 e. The van der Waals surface area contributed by atoms with E-state index in [-0.39, 0.29) is 30.4 Å². The third-order valence-corrected chi connectivity index (χ3v) is 5.25. The third-order valence-electron chi connectivity index (χ3n) is 4.88. The van der Waals surface area contributed by atoms with Crippen molar-refractivity contribution in [2.45, 2.75) is 13.2 Å². The molecular weight excluding hydrogens is 448 g/mol. The number of carbonyl (C=O) groups is 3. The molecule has 0 atom stereocenters. The van der Waals surface area contributed by atoms with Gasteiger partial charge in [0.2, 0.25) is 5.76 Å². The van der Waals surface area contributed by atoms with Crippen molar-refractivity contribution < 1.29 is 28.3 Å². The van der Waals surface area contributed by atoms with Crippen molar-refractivity contribution in [2.75, 3.05) is 7.11 Å². The first-order valence-electron chi connectivity index (χ1n) is 9.93. The minimum atomic E-state index is -0.646. The molecule has 1 aliphatic rings. The smallest absolute Gasteiger partial charge is 0.373 e. The summed E-state index contributed by atoms with van der Waals surface area (Å²) in [5.74, 6) is -0.396. The molecule has 1 aliphatic heterocycles. The summed E-state index contributed by atoms with van der Waals surface area (Å²) < 4.78 is 15.9. The van der Waals surface area contributed by atoms with Crippen LogP contribution in [0, 0.1) is 0 Å². The first-order chi connectivity index (χ1) is 16.0. The van der Waals surface area contributed by atoms with Crippen LogP contribution in [0.1, 0.15) is 27.4 Å². The summed E-state index contributed by atoms with van der Waals surface area (Å²) in [5, 5.41) is 3.15. The average molecular weight is 467 g/mol. The topological polar surface area (TPSA) is 98.1 Å². The fourth-order valence-electron chi connectivity index (χ4n) is 3.20. The van der Waals surface area contributed by atoms with Gasteiger partial charge in [0.25, 0.3) is 5.91 Å². The van der Waals surface area contributed by atoms with Gasteiger partial charge < -0.3 is 19.2 Å². The number of hydrogen-bond donors (Lipinski definition) is 1. The number of nitrogens with one attached hydrogen (secondary N) is 1. The van der Waals surface area contributed by atoms with Gasteiger partial charge in [-0.05, 0) is 30.3 Å². The predicted molar refractivity (Wildman–Crippen MR) is 119 cm³/mol. The highest BCUT2D eigenvalue weighted by Crippen LogP contribution is 2.25. The number of methoxy groups -OCH3 is 1. The number of halogens is 1. The van der Waals surface area contributed by atoms with Crippen molar-refractivity contribution in [2.24, 2.45) is 0 Å². The van der Waals surface area contributed by atoms with Crippen molar-refractivity contribution in [1.29, 1.82) is 0 Å². The van der Waals surface area contributed by atoms with E-state index in [1.54, 1.807) is 36.4 Å². The highest BCUT2D eigenvalue weighted by Gasteiger charge is 2.34. The van der Waals surface area contributed by atoms with Crippen LogP contribution in [-0.4, -0.2) is 29.9 Å². The van der Waals surface area contributed by atoms with E-state index < -0.39 is 17.9 Å². The molecule has 4 rings (SSSR count). The molecule has 3 amide bonds. The number of carbonyl (C=O) groups excluding carboxylic acids is 3. The van der Waals surface area contributed by atoms with Gasteiger partial charge in [0.15, 0.2) is 0 Å². The van der Waals surface area contributed by atoms with Crippen LogP contribution >= 0.6 is 11.6 Å². The van der Waals surface area contributed by atoms with Crippen LogP contribution in [0.4, 0.5) is 4.79 Å². The third kappa shape index (κ3) is 4.91. The van der Waals surface area contributed by atoms with Crippen LogP contribution in [0.5, 0.6) is 5.75 Å². The summed E-state index contributed by atoms with van der Waals surface area (Å²) in [5.41, 5.74) is 1.53. The van der Waals surface area contributed by atoms with Crippen LogP contribution in [0.25, 0.3) is 6.08 Å². The number of ether oxygens (including phenoxy) is 2. The lowest BCUT2D eigenvalue weighted by Gasteiger charge is -2.11. The minimum absolute atomic E-state index is 0.0140. The monoisotopic (exact) mass is 466 g/mol. The molecule has 0 spiro atoms. The largest absolute Gasteiger partial charge is 0.488 e. The lowest BCUT2D eigenvalue weighted by Crippen LogP contribution is -2.30. The molecule has 0 aliphatic carbocycles. The molecule has 2 aromatic carbocycles. The molecule has 0 saturated carbocycles. The van der Waals surface area contributed by atoms with E-state index in [0.29, 0.717) is 16.3 Å². The van der Waals surface area contributed by atoms with Crippen LogP contribution in [0.3, 0.4) is 0 Å². The number of hydrogen-bond acceptors (Lipinski definition) is 6. The molecule has 0 unspecified atom stereocenters. The number of benzene rings is 2. The summed E-state index contributed by atoms with van der Waals surface area (Å²) >= 11 is 6.19. The second kappa shape index (κ2) is 9.62. The molecule has 0 bridgehead atoms. The normalized spacial score (nSPS) is 14.5. The summed E-state index contributed by atoms with van der Waals surface area (Å²) in [7, 11) is 1.23. The van der Waals surface area contributed by atoms with Crippen molar-refractivity contribution in [3.8, 4) is 5.75 Å². The van der Waals surface area contributed by atoms with E-state index in [4.69, 9.17) is 20.8 Å². The lowest BCUT2D eigenvalue weighted by atomic mass is 10.1. The number of amides is 3. The highest BCUT2D eigenvalue weighted by molar-refractivity contribution is 6.31. The SMILES string of the molecule is COC(=O)c1ccc(CN2C(=O)N/C(=C\c3ccccc3OCc3ccccc3Cl)C2=O)o1. The molecule has 33 heavy (non-hydrogen) atoms. The van der Waals surface area contributed by atoms with E-state index in [1.807, 2.05) is 18.2 Å². The van der Waals surface area contributed by atoms with Gasteiger partial charge >= 0.3 is 12.0 Å². The zero-order valence-electron chi connectivity index (χ0n) is 17.5. The maximum absolute atomic E-state index is 12.8. The van der Waals surface area contributed by atoms with E-state index in [1.165, 1.54) is 19.2 Å². The molecule has 168 valence electrons. The Labute approximate surface area is 194 Å². The van der Waals surface area contributed by atoms with E-state index in [9.17, 15) is 14.4 Å². The number of rotatable bonds is 7. The lowest BCUT2D eigenvalue weighted by molar-refractivity contribution is -0.123. The molecular formula is C24H19ClN2O6. The number of esters is 1. The van der Waals surface area contributed by atoms with Gasteiger partial charge in [0, 0.05) is 16.1 Å². The minimum Gasteiger partial charge on any atom is -0.488 e. The average Bonchev–Trinajstić information content (AvgIpc) is 3.39. The molecule has 1 N–H and O–H groups in total.